The zero-order valence-corrected chi connectivity index (χ0v) is 9.84. The van der Waals surface area contributed by atoms with Crippen LogP contribution in [0.5, 0.6) is 0 Å². The molecule has 0 radical (unpaired) electrons. The molecule has 1 heterocycles. The van der Waals surface area contributed by atoms with Crippen LogP contribution in [0.15, 0.2) is 6.07 Å². The molecule has 1 aromatic rings. The molecule has 2 rings (SSSR count). The minimum Gasteiger partial charge on any atom is -0.461 e. The van der Waals surface area contributed by atoms with Gasteiger partial charge in [0.2, 0.25) is 0 Å². The minimum atomic E-state index is -0.228. The van der Waals surface area contributed by atoms with Gasteiger partial charge >= 0.3 is 5.97 Å². The van der Waals surface area contributed by atoms with Crippen molar-refractivity contribution in [1.82, 2.24) is 4.98 Å². The third kappa shape index (κ3) is 2.46. The molecule has 0 spiro atoms. The minimum absolute atomic E-state index is 0.228. The Balaban J connectivity index is 2.17. The Morgan fingerprint density at radius 1 is 1.31 bits per heavy atom. The number of H-pyrrole nitrogens is 1. The first kappa shape index (κ1) is 11.2. The number of aromatic nitrogens is 1. The molecule has 16 heavy (non-hydrogen) atoms. The van der Waals surface area contributed by atoms with Gasteiger partial charge in [0.15, 0.2) is 0 Å². The second-order valence-corrected chi connectivity index (χ2v) is 4.32. The van der Waals surface area contributed by atoms with E-state index in [-0.39, 0.29) is 5.97 Å². The molecule has 1 N–H and O–H groups in total. The summed E-state index contributed by atoms with van der Waals surface area (Å²) in [6, 6.07) is 1.97. The Labute approximate surface area is 96.2 Å². The summed E-state index contributed by atoms with van der Waals surface area (Å²) < 4.78 is 5.00. The molecule has 0 saturated carbocycles. The fourth-order valence-corrected chi connectivity index (χ4v) is 2.28. The van der Waals surface area contributed by atoms with Crippen LogP contribution in [0, 0.1) is 0 Å². The standard InChI is InChI=1S/C13H19NO2/c1-2-16-13(15)12-9-10-7-5-3-4-6-8-11(10)14-12/h9,14H,2-8H2,1H3. The molecular weight excluding hydrogens is 202 g/mol. The molecule has 0 atom stereocenters. The number of rotatable bonds is 2. The van der Waals surface area contributed by atoms with Crippen LogP contribution >= 0.6 is 0 Å². The molecule has 0 amide bonds. The van der Waals surface area contributed by atoms with E-state index in [9.17, 15) is 4.79 Å². The summed E-state index contributed by atoms with van der Waals surface area (Å²) in [4.78, 5) is 14.8. The van der Waals surface area contributed by atoms with Crippen molar-refractivity contribution >= 4 is 5.97 Å². The maximum absolute atomic E-state index is 11.6. The predicted molar refractivity (Wildman–Crippen MR) is 62.6 cm³/mol. The van der Waals surface area contributed by atoms with Gasteiger partial charge < -0.3 is 9.72 Å². The fraction of sp³-hybridized carbons (Fsp3) is 0.615. The number of hydrogen-bond donors (Lipinski definition) is 1. The molecular formula is C13H19NO2. The van der Waals surface area contributed by atoms with Crippen LogP contribution in [-0.2, 0) is 17.6 Å². The van der Waals surface area contributed by atoms with Crippen molar-refractivity contribution in [2.75, 3.05) is 6.61 Å². The van der Waals surface area contributed by atoms with Crippen LogP contribution in [0.3, 0.4) is 0 Å². The average Bonchev–Trinajstić information content (AvgIpc) is 2.61. The smallest absolute Gasteiger partial charge is 0.354 e. The molecule has 0 aliphatic heterocycles. The maximum Gasteiger partial charge on any atom is 0.354 e. The van der Waals surface area contributed by atoms with E-state index in [4.69, 9.17) is 4.74 Å². The van der Waals surface area contributed by atoms with Crippen LogP contribution in [0.25, 0.3) is 0 Å². The van der Waals surface area contributed by atoms with E-state index < -0.39 is 0 Å². The normalized spacial score (nSPS) is 16.1. The monoisotopic (exact) mass is 221 g/mol. The second-order valence-electron chi connectivity index (χ2n) is 4.32. The topological polar surface area (TPSA) is 42.1 Å². The van der Waals surface area contributed by atoms with Crippen molar-refractivity contribution in [3.63, 3.8) is 0 Å². The number of hydrogen-bond acceptors (Lipinski definition) is 2. The lowest BCUT2D eigenvalue weighted by molar-refractivity contribution is 0.0520. The van der Waals surface area contributed by atoms with Crippen molar-refractivity contribution in [2.24, 2.45) is 0 Å². The van der Waals surface area contributed by atoms with Gasteiger partial charge in [-0.3, -0.25) is 0 Å². The molecule has 0 saturated heterocycles. The molecule has 0 bridgehead atoms. The quantitative estimate of drug-likeness (QED) is 0.780. The molecule has 1 aliphatic rings. The lowest BCUT2D eigenvalue weighted by Gasteiger charge is -2.08. The average molecular weight is 221 g/mol. The summed E-state index contributed by atoms with van der Waals surface area (Å²) in [6.07, 6.45) is 7.20. The molecule has 3 heteroatoms. The van der Waals surface area contributed by atoms with E-state index in [1.807, 2.05) is 13.0 Å². The maximum atomic E-state index is 11.6. The van der Waals surface area contributed by atoms with E-state index >= 15 is 0 Å². The van der Waals surface area contributed by atoms with Gasteiger partial charge in [0.1, 0.15) is 5.69 Å². The van der Waals surface area contributed by atoms with Crippen LogP contribution in [-0.4, -0.2) is 17.6 Å². The molecule has 0 fully saturated rings. The Hall–Kier alpha value is -1.25. The van der Waals surface area contributed by atoms with Gasteiger partial charge in [0, 0.05) is 5.69 Å². The van der Waals surface area contributed by atoms with Crippen molar-refractivity contribution < 1.29 is 9.53 Å². The molecule has 1 aromatic heterocycles. The van der Waals surface area contributed by atoms with Gasteiger partial charge in [-0.15, -0.1) is 0 Å². The summed E-state index contributed by atoms with van der Waals surface area (Å²) in [6.45, 7) is 2.26. The van der Waals surface area contributed by atoms with E-state index in [0.717, 1.165) is 12.8 Å². The molecule has 1 aliphatic carbocycles. The van der Waals surface area contributed by atoms with Gasteiger partial charge in [-0.1, -0.05) is 12.8 Å². The SMILES string of the molecule is CCOC(=O)c1cc2c([nH]1)CCCCCC2. The van der Waals surface area contributed by atoms with Gasteiger partial charge in [0.05, 0.1) is 6.61 Å². The van der Waals surface area contributed by atoms with E-state index in [1.165, 1.54) is 36.9 Å². The third-order valence-electron chi connectivity index (χ3n) is 3.11. The van der Waals surface area contributed by atoms with Crippen molar-refractivity contribution in [1.29, 1.82) is 0 Å². The first-order chi connectivity index (χ1) is 7.81. The highest BCUT2D eigenvalue weighted by molar-refractivity contribution is 5.87. The lowest BCUT2D eigenvalue weighted by Crippen LogP contribution is -2.05. The number of nitrogens with one attached hydrogen (secondary N) is 1. The molecule has 0 aromatic carbocycles. The van der Waals surface area contributed by atoms with Crippen LogP contribution in [0.1, 0.15) is 54.4 Å². The predicted octanol–water partition coefficient (Wildman–Crippen LogP) is 2.85. The van der Waals surface area contributed by atoms with E-state index in [2.05, 4.69) is 4.98 Å². The number of ether oxygens (including phenoxy) is 1. The van der Waals surface area contributed by atoms with Gasteiger partial charge in [0.25, 0.3) is 0 Å². The Kier molecular flexibility index (Phi) is 3.65. The Morgan fingerprint density at radius 2 is 2.06 bits per heavy atom. The lowest BCUT2D eigenvalue weighted by atomic mass is 9.99. The Bertz CT molecular complexity index is 343. The summed E-state index contributed by atoms with van der Waals surface area (Å²) in [7, 11) is 0. The number of carbonyl (C=O) groups is 1. The van der Waals surface area contributed by atoms with Crippen LogP contribution < -0.4 is 0 Å². The van der Waals surface area contributed by atoms with Crippen LogP contribution in [0.2, 0.25) is 0 Å². The molecule has 88 valence electrons. The highest BCUT2D eigenvalue weighted by atomic mass is 16.5. The zero-order valence-electron chi connectivity index (χ0n) is 9.84. The summed E-state index contributed by atoms with van der Waals surface area (Å²) >= 11 is 0. The molecule has 3 nitrogen and oxygen atoms in total. The first-order valence-electron chi connectivity index (χ1n) is 6.19. The Morgan fingerprint density at radius 3 is 2.81 bits per heavy atom. The second kappa shape index (κ2) is 5.19. The first-order valence-corrected chi connectivity index (χ1v) is 6.19. The summed E-state index contributed by atoms with van der Waals surface area (Å²) in [5.74, 6) is -0.228. The highest BCUT2D eigenvalue weighted by Crippen LogP contribution is 2.21. The van der Waals surface area contributed by atoms with Crippen LogP contribution in [0.4, 0.5) is 0 Å². The third-order valence-corrected chi connectivity index (χ3v) is 3.11. The highest BCUT2D eigenvalue weighted by Gasteiger charge is 2.15. The summed E-state index contributed by atoms with van der Waals surface area (Å²) in [5, 5.41) is 0. The molecule has 0 unspecified atom stereocenters. The number of aryl methyl sites for hydroxylation is 2. The number of carbonyl (C=O) groups excluding carboxylic acids is 1. The number of aromatic amines is 1. The van der Waals surface area contributed by atoms with E-state index in [0.29, 0.717) is 12.3 Å². The van der Waals surface area contributed by atoms with Crippen molar-refractivity contribution in [2.45, 2.75) is 45.4 Å². The number of fused-ring (bicyclic) bond motifs is 1. The van der Waals surface area contributed by atoms with Gasteiger partial charge in [-0.05, 0) is 44.2 Å². The largest absolute Gasteiger partial charge is 0.461 e. The van der Waals surface area contributed by atoms with E-state index in [1.54, 1.807) is 0 Å². The fourth-order valence-electron chi connectivity index (χ4n) is 2.28. The van der Waals surface area contributed by atoms with Crippen molar-refractivity contribution in [3.8, 4) is 0 Å². The van der Waals surface area contributed by atoms with Gasteiger partial charge in [-0.25, -0.2) is 4.79 Å². The van der Waals surface area contributed by atoms with Gasteiger partial charge in [-0.2, -0.15) is 0 Å². The number of esters is 1. The van der Waals surface area contributed by atoms with Crippen molar-refractivity contribution in [3.05, 3.63) is 23.0 Å². The summed E-state index contributed by atoms with van der Waals surface area (Å²) in [5.41, 5.74) is 3.17. The zero-order chi connectivity index (χ0) is 11.4.